The molecule has 0 spiro atoms. The van der Waals surface area contributed by atoms with Crippen LogP contribution in [0.15, 0.2) is 23.2 Å². The van der Waals surface area contributed by atoms with Crippen LogP contribution in [-0.4, -0.2) is 6.08 Å². The van der Waals surface area contributed by atoms with Gasteiger partial charge in [-0.2, -0.15) is 0 Å². The second-order valence-corrected chi connectivity index (χ2v) is 2.49. The van der Waals surface area contributed by atoms with Crippen LogP contribution in [0.1, 0.15) is 11.1 Å². The summed E-state index contributed by atoms with van der Waals surface area (Å²) in [6.07, 6.45) is 1.40. The smallest absolute Gasteiger partial charge is 0.211 e. The molecule has 1 rings (SSSR count). The van der Waals surface area contributed by atoms with Gasteiger partial charge in [-0.25, -0.2) is 14.2 Å². The molecule has 12 heavy (non-hydrogen) atoms. The van der Waals surface area contributed by atoms with Gasteiger partial charge in [0.1, 0.15) is 5.82 Å². The normalized spacial score (nSPS) is 9.17. The highest BCUT2D eigenvalue weighted by atomic mass is 19.1. The number of hydrogen-bond donors (Lipinski definition) is 0. The molecule has 0 atom stereocenters. The Bertz CT molecular complexity index is 329. The molecule has 0 bridgehead atoms. The average molecular weight is 165 g/mol. The summed E-state index contributed by atoms with van der Waals surface area (Å²) in [7, 11) is 0. The van der Waals surface area contributed by atoms with Crippen molar-refractivity contribution >= 4 is 6.08 Å². The van der Waals surface area contributed by atoms with Crippen LogP contribution >= 0.6 is 0 Å². The molecule has 0 saturated carbocycles. The lowest BCUT2D eigenvalue weighted by molar-refractivity contribution is 0.562. The Balaban J connectivity index is 2.89. The van der Waals surface area contributed by atoms with Crippen molar-refractivity contribution in [3.05, 3.63) is 35.1 Å². The Hall–Kier alpha value is -1.47. The molecule has 0 aliphatic heterocycles. The maximum atomic E-state index is 12.9. The zero-order chi connectivity index (χ0) is 8.97. The van der Waals surface area contributed by atoms with Crippen LogP contribution < -0.4 is 0 Å². The molecule has 0 aliphatic carbocycles. The minimum Gasteiger partial charge on any atom is -0.211 e. The second-order valence-electron chi connectivity index (χ2n) is 2.49. The van der Waals surface area contributed by atoms with E-state index < -0.39 is 0 Å². The number of halogens is 1. The molecule has 0 fully saturated rings. The molecule has 0 aromatic heterocycles. The van der Waals surface area contributed by atoms with Crippen LogP contribution in [0, 0.1) is 12.7 Å². The van der Waals surface area contributed by atoms with Crippen molar-refractivity contribution in [3.8, 4) is 0 Å². The largest absolute Gasteiger partial charge is 0.235 e. The molecule has 0 radical (unpaired) electrons. The summed E-state index contributed by atoms with van der Waals surface area (Å²) >= 11 is 0. The lowest BCUT2D eigenvalue weighted by Crippen LogP contribution is -1.86. The summed E-state index contributed by atoms with van der Waals surface area (Å²) in [5, 5.41) is 0. The fraction of sp³-hybridized carbons (Fsp3) is 0.222. The Morgan fingerprint density at radius 1 is 1.58 bits per heavy atom. The topological polar surface area (TPSA) is 29.4 Å². The van der Waals surface area contributed by atoms with E-state index in [0.29, 0.717) is 11.1 Å². The van der Waals surface area contributed by atoms with Crippen molar-refractivity contribution in [2.24, 2.45) is 4.99 Å². The van der Waals surface area contributed by atoms with Gasteiger partial charge in [-0.05, 0) is 24.1 Å². The zero-order valence-electron chi connectivity index (χ0n) is 6.67. The lowest BCUT2D eigenvalue weighted by Gasteiger charge is -1.97. The van der Waals surface area contributed by atoms with Crippen molar-refractivity contribution in [1.82, 2.24) is 0 Å². The summed E-state index contributed by atoms with van der Waals surface area (Å²) in [6.45, 7) is 1.88. The number of aliphatic imine (C=N–C) groups is 1. The van der Waals surface area contributed by atoms with Crippen LogP contribution in [0.4, 0.5) is 4.39 Å². The van der Waals surface area contributed by atoms with Crippen LogP contribution in [0.2, 0.25) is 0 Å². The van der Waals surface area contributed by atoms with E-state index in [2.05, 4.69) is 4.99 Å². The fourth-order valence-electron chi connectivity index (χ4n) is 0.858. The molecular weight excluding hydrogens is 157 g/mol. The molecule has 2 nitrogen and oxygen atoms in total. The Labute approximate surface area is 69.7 Å². The Kier molecular flexibility index (Phi) is 2.72. The molecule has 0 N–H and O–H groups in total. The van der Waals surface area contributed by atoms with E-state index >= 15 is 0 Å². The summed E-state index contributed by atoms with van der Waals surface area (Å²) < 4.78 is 12.9. The number of benzene rings is 1. The standard InChI is InChI=1S/C9H8FNO/c1-7-2-3-8(4-9(7)10)5-11-6-12/h2-4H,5H2,1H3. The van der Waals surface area contributed by atoms with E-state index in [-0.39, 0.29) is 12.4 Å². The van der Waals surface area contributed by atoms with E-state index in [0.717, 1.165) is 0 Å². The first-order valence-electron chi connectivity index (χ1n) is 3.52. The second kappa shape index (κ2) is 3.79. The van der Waals surface area contributed by atoms with Gasteiger partial charge in [-0.3, -0.25) is 0 Å². The summed E-state index contributed by atoms with van der Waals surface area (Å²) in [6, 6.07) is 4.76. The van der Waals surface area contributed by atoms with Crippen molar-refractivity contribution in [2.75, 3.05) is 0 Å². The zero-order valence-corrected chi connectivity index (χ0v) is 6.67. The molecule has 3 heteroatoms. The van der Waals surface area contributed by atoms with Gasteiger partial charge in [0.05, 0.1) is 6.54 Å². The predicted molar refractivity (Wildman–Crippen MR) is 43.0 cm³/mol. The summed E-state index contributed by atoms with van der Waals surface area (Å²) in [4.78, 5) is 13.1. The van der Waals surface area contributed by atoms with E-state index in [4.69, 9.17) is 0 Å². The van der Waals surface area contributed by atoms with Gasteiger partial charge in [-0.1, -0.05) is 12.1 Å². The third-order valence-corrected chi connectivity index (χ3v) is 1.56. The molecule has 0 aliphatic rings. The molecular formula is C9H8FNO. The molecule has 62 valence electrons. The van der Waals surface area contributed by atoms with E-state index in [1.807, 2.05) is 0 Å². The number of hydrogen-bond acceptors (Lipinski definition) is 2. The Morgan fingerprint density at radius 2 is 2.33 bits per heavy atom. The van der Waals surface area contributed by atoms with Crippen molar-refractivity contribution in [1.29, 1.82) is 0 Å². The highest BCUT2D eigenvalue weighted by molar-refractivity contribution is 5.34. The minimum absolute atomic E-state index is 0.195. The first-order chi connectivity index (χ1) is 5.74. The van der Waals surface area contributed by atoms with Crippen LogP contribution in [0.5, 0.6) is 0 Å². The van der Waals surface area contributed by atoms with E-state index in [1.165, 1.54) is 12.1 Å². The maximum Gasteiger partial charge on any atom is 0.235 e. The van der Waals surface area contributed by atoms with Crippen LogP contribution in [0.25, 0.3) is 0 Å². The molecule has 0 saturated heterocycles. The molecule has 0 unspecified atom stereocenters. The lowest BCUT2D eigenvalue weighted by atomic mass is 10.1. The van der Waals surface area contributed by atoms with E-state index in [9.17, 15) is 9.18 Å². The van der Waals surface area contributed by atoms with Gasteiger partial charge < -0.3 is 0 Å². The fourth-order valence-corrected chi connectivity index (χ4v) is 0.858. The first-order valence-corrected chi connectivity index (χ1v) is 3.52. The number of nitrogens with zero attached hydrogens (tertiary/aromatic N) is 1. The van der Waals surface area contributed by atoms with Crippen LogP contribution in [-0.2, 0) is 11.3 Å². The third kappa shape index (κ3) is 2.01. The SMILES string of the molecule is Cc1ccc(CN=C=O)cc1F. The van der Waals surface area contributed by atoms with Gasteiger partial charge >= 0.3 is 0 Å². The number of carbonyl (C=O) groups excluding carboxylic acids is 1. The monoisotopic (exact) mass is 165 g/mol. The van der Waals surface area contributed by atoms with Gasteiger partial charge in [0.15, 0.2) is 0 Å². The van der Waals surface area contributed by atoms with Gasteiger partial charge in [0.2, 0.25) is 6.08 Å². The number of isocyanates is 1. The highest BCUT2D eigenvalue weighted by Crippen LogP contribution is 2.09. The highest BCUT2D eigenvalue weighted by Gasteiger charge is 1.97. The average Bonchev–Trinajstić information content (AvgIpc) is 2.07. The quantitative estimate of drug-likeness (QED) is 0.486. The number of rotatable bonds is 2. The third-order valence-electron chi connectivity index (χ3n) is 1.56. The number of aryl methyl sites for hydroxylation is 1. The van der Waals surface area contributed by atoms with Crippen molar-refractivity contribution in [2.45, 2.75) is 13.5 Å². The first kappa shape index (κ1) is 8.62. The Morgan fingerprint density at radius 3 is 2.92 bits per heavy atom. The molecule has 0 heterocycles. The van der Waals surface area contributed by atoms with Crippen LogP contribution in [0.3, 0.4) is 0 Å². The van der Waals surface area contributed by atoms with E-state index in [1.54, 1.807) is 19.1 Å². The maximum absolute atomic E-state index is 12.9. The van der Waals surface area contributed by atoms with Gasteiger partial charge in [-0.15, -0.1) is 0 Å². The van der Waals surface area contributed by atoms with Gasteiger partial charge in [0, 0.05) is 0 Å². The summed E-state index contributed by atoms with van der Waals surface area (Å²) in [5.74, 6) is -0.270. The molecule has 1 aromatic rings. The molecule has 1 aromatic carbocycles. The summed E-state index contributed by atoms with van der Waals surface area (Å²) in [5.41, 5.74) is 1.27. The minimum atomic E-state index is -0.270. The van der Waals surface area contributed by atoms with Crippen molar-refractivity contribution in [3.63, 3.8) is 0 Å². The predicted octanol–water partition coefficient (Wildman–Crippen LogP) is 1.97. The van der Waals surface area contributed by atoms with Crippen molar-refractivity contribution < 1.29 is 9.18 Å². The molecule has 0 amide bonds. The van der Waals surface area contributed by atoms with Gasteiger partial charge in [0.25, 0.3) is 0 Å².